The molecule has 1 fully saturated rings. The molecule has 16 heavy (non-hydrogen) atoms. The van der Waals surface area contributed by atoms with E-state index in [4.69, 9.17) is 0 Å². The molecule has 1 atom stereocenters. The van der Waals surface area contributed by atoms with Crippen LogP contribution in [0.4, 0.5) is 13.2 Å². The molecule has 0 aromatic rings. The molecule has 6 heteroatoms. The molecule has 0 radical (unpaired) electrons. The summed E-state index contributed by atoms with van der Waals surface area (Å²) in [4.78, 5) is 12.6. The Kier molecular flexibility index (Phi) is 4.58. The molecule has 1 rings (SSSR count). The van der Waals surface area contributed by atoms with Crippen LogP contribution in [0.5, 0.6) is 0 Å². The van der Waals surface area contributed by atoms with Crippen LogP contribution in [0.15, 0.2) is 0 Å². The van der Waals surface area contributed by atoms with Crippen molar-refractivity contribution in [3.05, 3.63) is 0 Å². The molecule has 0 spiro atoms. The third-order valence-electron chi connectivity index (χ3n) is 2.84. The van der Waals surface area contributed by atoms with E-state index in [1.807, 2.05) is 0 Å². The molecule has 0 bridgehead atoms. The van der Waals surface area contributed by atoms with Crippen molar-refractivity contribution in [1.29, 1.82) is 0 Å². The summed E-state index contributed by atoms with van der Waals surface area (Å²) < 4.78 is 36.2. The van der Waals surface area contributed by atoms with Crippen LogP contribution >= 0.6 is 0 Å². The number of nitrogens with one attached hydrogen (secondary N) is 1. The molecule has 1 N–H and O–H groups in total. The van der Waals surface area contributed by atoms with Gasteiger partial charge in [0.05, 0.1) is 0 Å². The number of hydrogen-bond acceptors (Lipinski definition) is 2. The summed E-state index contributed by atoms with van der Waals surface area (Å²) >= 11 is 0. The van der Waals surface area contributed by atoms with Crippen molar-refractivity contribution in [2.75, 3.05) is 20.1 Å². The number of rotatable bonds is 2. The van der Waals surface area contributed by atoms with Gasteiger partial charge in [-0.25, -0.2) is 0 Å². The molecular weight excluding hydrogens is 221 g/mol. The minimum Gasteiger partial charge on any atom is -0.342 e. The van der Waals surface area contributed by atoms with Crippen molar-refractivity contribution in [3.8, 4) is 0 Å². The quantitative estimate of drug-likeness (QED) is 0.791. The van der Waals surface area contributed by atoms with E-state index in [1.165, 1.54) is 11.9 Å². The number of carbonyl (C=O) groups is 1. The van der Waals surface area contributed by atoms with Crippen LogP contribution in [0.2, 0.25) is 0 Å². The van der Waals surface area contributed by atoms with E-state index in [-0.39, 0.29) is 6.04 Å². The molecule has 3 nitrogen and oxygen atoms in total. The van der Waals surface area contributed by atoms with Crippen LogP contribution in [0.3, 0.4) is 0 Å². The fourth-order valence-corrected chi connectivity index (χ4v) is 1.89. The Morgan fingerprint density at radius 1 is 1.38 bits per heavy atom. The molecular formula is C10H17F3N2O. The van der Waals surface area contributed by atoms with E-state index in [9.17, 15) is 18.0 Å². The lowest BCUT2D eigenvalue weighted by Gasteiger charge is -2.27. The minimum atomic E-state index is -4.41. The number of carbonyl (C=O) groups excluding carboxylic acids is 1. The second-order valence-electron chi connectivity index (χ2n) is 4.13. The van der Waals surface area contributed by atoms with Gasteiger partial charge in [0.25, 0.3) is 0 Å². The Balaban J connectivity index is 2.48. The summed E-state index contributed by atoms with van der Waals surface area (Å²) in [6.07, 6.45) is -3.37. The first-order valence-corrected chi connectivity index (χ1v) is 5.43. The lowest BCUT2D eigenvalue weighted by molar-refractivity contribution is -0.162. The highest BCUT2D eigenvalue weighted by atomic mass is 19.4. The van der Waals surface area contributed by atoms with Crippen molar-refractivity contribution in [2.24, 2.45) is 0 Å². The Morgan fingerprint density at radius 2 is 2.06 bits per heavy atom. The predicted molar refractivity (Wildman–Crippen MR) is 54.0 cm³/mol. The molecule has 0 saturated carbocycles. The fourth-order valence-electron chi connectivity index (χ4n) is 1.89. The number of amides is 1. The molecule has 0 aliphatic carbocycles. The van der Waals surface area contributed by atoms with Gasteiger partial charge in [-0.2, -0.15) is 13.2 Å². The maximum atomic E-state index is 12.1. The Bertz CT molecular complexity index is 235. The number of nitrogens with zero attached hydrogens (tertiary/aromatic N) is 1. The fraction of sp³-hybridized carbons (Fsp3) is 0.900. The number of hydrogen-bond donors (Lipinski definition) is 1. The van der Waals surface area contributed by atoms with E-state index >= 15 is 0 Å². The third-order valence-corrected chi connectivity index (χ3v) is 2.84. The van der Waals surface area contributed by atoms with Gasteiger partial charge in [-0.1, -0.05) is 0 Å². The van der Waals surface area contributed by atoms with E-state index in [0.29, 0.717) is 0 Å². The number of alkyl halides is 3. The second-order valence-corrected chi connectivity index (χ2v) is 4.13. The van der Waals surface area contributed by atoms with Crippen molar-refractivity contribution >= 4 is 5.91 Å². The highest BCUT2D eigenvalue weighted by molar-refractivity contribution is 5.76. The smallest absolute Gasteiger partial charge is 0.342 e. The van der Waals surface area contributed by atoms with E-state index in [1.54, 1.807) is 0 Å². The number of halogens is 3. The van der Waals surface area contributed by atoms with Gasteiger partial charge in [-0.3, -0.25) is 4.79 Å². The van der Waals surface area contributed by atoms with Crippen molar-refractivity contribution in [3.63, 3.8) is 0 Å². The first-order valence-electron chi connectivity index (χ1n) is 5.43. The molecule has 1 unspecified atom stereocenters. The molecule has 1 aliphatic rings. The van der Waals surface area contributed by atoms with Gasteiger partial charge >= 0.3 is 6.18 Å². The van der Waals surface area contributed by atoms with Gasteiger partial charge in [0.15, 0.2) is 0 Å². The zero-order chi connectivity index (χ0) is 12.2. The SMILES string of the molecule is CN(C(=O)CC(F)(F)F)C1CCCNCC1. The largest absolute Gasteiger partial charge is 0.397 e. The minimum absolute atomic E-state index is 0.0650. The van der Waals surface area contributed by atoms with E-state index < -0.39 is 18.5 Å². The zero-order valence-electron chi connectivity index (χ0n) is 9.31. The van der Waals surface area contributed by atoms with Crippen LogP contribution in [-0.2, 0) is 4.79 Å². The summed E-state index contributed by atoms with van der Waals surface area (Å²) in [5.41, 5.74) is 0. The van der Waals surface area contributed by atoms with E-state index in [0.717, 1.165) is 32.4 Å². The summed E-state index contributed by atoms with van der Waals surface area (Å²) in [7, 11) is 1.46. The Hall–Kier alpha value is -0.780. The average molecular weight is 238 g/mol. The molecule has 1 amide bonds. The molecule has 94 valence electrons. The molecule has 1 heterocycles. The highest BCUT2D eigenvalue weighted by Gasteiger charge is 2.34. The van der Waals surface area contributed by atoms with Crippen LogP contribution in [0, 0.1) is 0 Å². The highest BCUT2D eigenvalue weighted by Crippen LogP contribution is 2.22. The van der Waals surface area contributed by atoms with Crippen LogP contribution in [0.1, 0.15) is 25.7 Å². The molecule has 0 aromatic heterocycles. The first-order chi connectivity index (χ1) is 7.40. The average Bonchev–Trinajstić information content (AvgIpc) is 2.41. The van der Waals surface area contributed by atoms with Gasteiger partial charge in [0.2, 0.25) is 5.91 Å². The van der Waals surface area contributed by atoms with Crippen molar-refractivity contribution in [2.45, 2.75) is 37.9 Å². The van der Waals surface area contributed by atoms with Gasteiger partial charge in [-0.05, 0) is 32.4 Å². The lowest BCUT2D eigenvalue weighted by Crippen LogP contribution is -2.39. The van der Waals surface area contributed by atoms with Gasteiger partial charge in [0, 0.05) is 13.1 Å². The third kappa shape index (κ3) is 4.38. The van der Waals surface area contributed by atoms with Crippen molar-refractivity contribution in [1.82, 2.24) is 10.2 Å². The maximum absolute atomic E-state index is 12.1. The van der Waals surface area contributed by atoms with Gasteiger partial charge in [-0.15, -0.1) is 0 Å². The van der Waals surface area contributed by atoms with Crippen LogP contribution in [-0.4, -0.2) is 43.2 Å². The lowest BCUT2D eigenvalue weighted by atomic mass is 10.1. The van der Waals surface area contributed by atoms with Crippen molar-refractivity contribution < 1.29 is 18.0 Å². The Labute approximate surface area is 93.0 Å². The predicted octanol–water partition coefficient (Wildman–Crippen LogP) is 1.54. The van der Waals surface area contributed by atoms with Gasteiger partial charge in [0.1, 0.15) is 6.42 Å². The van der Waals surface area contributed by atoms with Gasteiger partial charge < -0.3 is 10.2 Å². The molecule has 1 saturated heterocycles. The van der Waals surface area contributed by atoms with E-state index in [2.05, 4.69) is 5.32 Å². The second kappa shape index (κ2) is 5.52. The monoisotopic (exact) mass is 238 g/mol. The maximum Gasteiger partial charge on any atom is 0.397 e. The summed E-state index contributed by atoms with van der Waals surface area (Å²) in [6, 6.07) is -0.0650. The summed E-state index contributed by atoms with van der Waals surface area (Å²) in [5.74, 6) is -0.834. The molecule has 0 aromatic carbocycles. The topological polar surface area (TPSA) is 32.3 Å². The summed E-state index contributed by atoms with van der Waals surface area (Å²) in [5, 5.41) is 3.16. The van der Waals surface area contributed by atoms with Crippen LogP contribution < -0.4 is 5.32 Å². The standard InChI is InChI=1S/C10H17F3N2O/c1-15(9(16)7-10(11,12)13)8-3-2-5-14-6-4-8/h8,14H,2-7H2,1H3. The molecule has 1 aliphatic heterocycles. The zero-order valence-corrected chi connectivity index (χ0v) is 9.31. The van der Waals surface area contributed by atoms with Crippen LogP contribution in [0.25, 0.3) is 0 Å². The Morgan fingerprint density at radius 3 is 2.69 bits per heavy atom. The first kappa shape index (κ1) is 13.3. The summed E-state index contributed by atoms with van der Waals surface area (Å²) in [6.45, 7) is 1.63. The normalized spacial score (nSPS) is 22.6.